The second kappa shape index (κ2) is 5.87. The summed E-state index contributed by atoms with van der Waals surface area (Å²) in [5.41, 5.74) is -1.95. The number of methoxy groups -OCH3 is 1. The summed E-state index contributed by atoms with van der Waals surface area (Å²) in [6.07, 6.45) is 0.122. The van der Waals surface area contributed by atoms with E-state index >= 15 is 0 Å². The number of carboxylic acids is 1. The van der Waals surface area contributed by atoms with Crippen molar-refractivity contribution < 1.29 is 32.6 Å². The minimum Gasteiger partial charge on any atom is -0.480 e. The Labute approximate surface area is 111 Å². The molecule has 0 aromatic heterocycles. The molecule has 1 N–H and O–H groups in total. The SMILES string of the molecule is CCOC(=O)C(COC)(C(=O)O)C1CCS(=O)(=O)C1. The lowest BCUT2D eigenvalue weighted by Crippen LogP contribution is -2.50. The molecule has 2 unspecified atom stereocenters. The van der Waals surface area contributed by atoms with Gasteiger partial charge in [0.25, 0.3) is 0 Å². The summed E-state index contributed by atoms with van der Waals surface area (Å²) < 4.78 is 32.7. The molecule has 1 aliphatic rings. The molecule has 0 saturated carbocycles. The number of carbonyl (C=O) groups excluding carboxylic acids is 1. The van der Waals surface area contributed by atoms with Gasteiger partial charge in [-0.3, -0.25) is 9.59 Å². The van der Waals surface area contributed by atoms with Crippen molar-refractivity contribution >= 4 is 21.8 Å². The predicted molar refractivity (Wildman–Crippen MR) is 65.3 cm³/mol. The lowest BCUT2D eigenvalue weighted by atomic mass is 9.75. The van der Waals surface area contributed by atoms with Crippen molar-refractivity contribution in [2.24, 2.45) is 11.3 Å². The molecule has 1 aliphatic heterocycles. The number of carbonyl (C=O) groups is 2. The monoisotopic (exact) mass is 294 g/mol. The summed E-state index contributed by atoms with van der Waals surface area (Å²) >= 11 is 0. The topological polar surface area (TPSA) is 107 Å². The zero-order valence-corrected chi connectivity index (χ0v) is 11.7. The third-order valence-corrected chi connectivity index (χ3v) is 5.09. The van der Waals surface area contributed by atoms with Crippen LogP contribution in [0.1, 0.15) is 13.3 Å². The molecule has 1 rings (SSSR count). The Balaban J connectivity index is 3.17. The van der Waals surface area contributed by atoms with Crippen LogP contribution in [0.5, 0.6) is 0 Å². The van der Waals surface area contributed by atoms with E-state index in [1.165, 1.54) is 7.11 Å². The van der Waals surface area contributed by atoms with Crippen molar-refractivity contribution in [2.45, 2.75) is 13.3 Å². The maximum absolute atomic E-state index is 12.0. The molecule has 0 aromatic carbocycles. The summed E-state index contributed by atoms with van der Waals surface area (Å²) in [5, 5.41) is 9.41. The highest BCUT2D eigenvalue weighted by Crippen LogP contribution is 2.38. The standard InChI is InChI=1S/C11H18O7S/c1-3-18-10(14)11(7-17-2,9(12)13)8-4-5-19(15,16)6-8/h8H,3-7H2,1-2H3,(H,12,13). The highest BCUT2D eigenvalue weighted by molar-refractivity contribution is 7.91. The van der Waals surface area contributed by atoms with Gasteiger partial charge >= 0.3 is 11.9 Å². The first-order valence-corrected chi connectivity index (χ1v) is 7.72. The van der Waals surface area contributed by atoms with E-state index < -0.39 is 39.7 Å². The van der Waals surface area contributed by atoms with E-state index in [1.807, 2.05) is 0 Å². The molecule has 8 heteroatoms. The minimum atomic E-state index is -3.31. The maximum atomic E-state index is 12.0. The van der Waals surface area contributed by atoms with Crippen molar-refractivity contribution in [3.8, 4) is 0 Å². The number of hydrogen-bond acceptors (Lipinski definition) is 6. The van der Waals surface area contributed by atoms with Gasteiger partial charge in [-0.2, -0.15) is 0 Å². The first-order chi connectivity index (χ1) is 8.80. The quantitative estimate of drug-likeness (QED) is 0.529. The Kier molecular flexibility index (Phi) is 4.92. The van der Waals surface area contributed by atoms with Gasteiger partial charge in [0.15, 0.2) is 15.3 Å². The second-order valence-electron chi connectivity index (χ2n) is 4.53. The van der Waals surface area contributed by atoms with Crippen molar-refractivity contribution in [1.29, 1.82) is 0 Å². The van der Waals surface area contributed by atoms with Gasteiger partial charge in [-0.05, 0) is 13.3 Å². The van der Waals surface area contributed by atoms with Gasteiger partial charge in [-0.1, -0.05) is 0 Å². The number of aliphatic carboxylic acids is 1. The van der Waals surface area contributed by atoms with E-state index in [9.17, 15) is 23.1 Å². The number of rotatable bonds is 6. The Bertz CT molecular complexity index is 456. The van der Waals surface area contributed by atoms with E-state index in [4.69, 9.17) is 9.47 Å². The highest BCUT2D eigenvalue weighted by atomic mass is 32.2. The van der Waals surface area contributed by atoms with Crippen LogP contribution < -0.4 is 0 Å². The smallest absolute Gasteiger partial charge is 0.326 e. The normalized spacial score (nSPS) is 24.6. The van der Waals surface area contributed by atoms with Crippen molar-refractivity contribution in [3.63, 3.8) is 0 Å². The lowest BCUT2D eigenvalue weighted by molar-refractivity contribution is -0.177. The van der Waals surface area contributed by atoms with Crippen molar-refractivity contribution in [1.82, 2.24) is 0 Å². The highest BCUT2D eigenvalue weighted by Gasteiger charge is 2.57. The second-order valence-corrected chi connectivity index (χ2v) is 6.76. The zero-order valence-electron chi connectivity index (χ0n) is 10.9. The molecule has 0 spiro atoms. The van der Waals surface area contributed by atoms with E-state index in [2.05, 4.69) is 0 Å². The Hall–Kier alpha value is -1.15. The molecule has 1 fully saturated rings. The summed E-state index contributed by atoms with van der Waals surface area (Å²) in [7, 11) is -2.04. The van der Waals surface area contributed by atoms with Crippen molar-refractivity contribution in [2.75, 3.05) is 31.8 Å². The minimum absolute atomic E-state index is 0.0248. The molecule has 110 valence electrons. The van der Waals surface area contributed by atoms with Gasteiger partial charge < -0.3 is 14.6 Å². The molecule has 7 nitrogen and oxygen atoms in total. The molecule has 0 radical (unpaired) electrons. The average Bonchev–Trinajstić information content (AvgIpc) is 2.66. The maximum Gasteiger partial charge on any atom is 0.326 e. The van der Waals surface area contributed by atoms with Crippen LogP contribution in [0.15, 0.2) is 0 Å². The van der Waals surface area contributed by atoms with Crippen LogP contribution in [0, 0.1) is 11.3 Å². The summed E-state index contributed by atoms with van der Waals surface area (Å²) in [5.74, 6) is -3.62. The van der Waals surface area contributed by atoms with Crippen LogP contribution in [0.25, 0.3) is 0 Å². The van der Waals surface area contributed by atoms with Gasteiger partial charge in [0.2, 0.25) is 0 Å². The summed E-state index contributed by atoms with van der Waals surface area (Å²) in [4.78, 5) is 23.6. The van der Waals surface area contributed by atoms with Gasteiger partial charge in [0, 0.05) is 13.0 Å². The number of esters is 1. The molecule has 0 aliphatic carbocycles. The average molecular weight is 294 g/mol. The fraction of sp³-hybridized carbons (Fsp3) is 0.818. The molecule has 0 amide bonds. The lowest BCUT2D eigenvalue weighted by Gasteiger charge is -2.31. The Morgan fingerprint density at radius 1 is 1.42 bits per heavy atom. The molecule has 2 atom stereocenters. The Morgan fingerprint density at radius 2 is 2.05 bits per heavy atom. The van der Waals surface area contributed by atoms with E-state index in [0.717, 1.165) is 0 Å². The fourth-order valence-corrected chi connectivity index (χ4v) is 4.21. The van der Waals surface area contributed by atoms with Crippen LogP contribution in [-0.2, 0) is 28.9 Å². The molecular weight excluding hydrogens is 276 g/mol. The van der Waals surface area contributed by atoms with Gasteiger partial charge in [-0.25, -0.2) is 8.42 Å². The molecule has 0 bridgehead atoms. The molecular formula is C11H18O7S. The van der Waals surface area contributed by atoms with Crippen LogP contribution >= 0.6 is 0 Å². The molecule has 1 heterocycles. The number of carboxylic acid groups (broad SMARTS) is 1. The zero-order chi connectivity index (χ0) is 14.7. The Morgan fingerprint density at radius 3 is 2.42 bits per heavy atom. The van der Waals surface area contributed by atoms with Crippen LogP contribution in [-0.4, -0.2) is 57.3 Å². The first kappa shape index (κ1) is 15.9. The van der Waals surface area contributed by atoms with E-state index in [0.29, 0.717) is 0 Å². The van der Waals surface area contributed by atoms with Crippen molar-refractivity contribution in [3.05, 3.63) is 0 Å². The van der Waals surface area contributed by atoms with E-state index in [-0.39, 0.29) is 24.5 Å². The summed E-state index contributed by atoms with van der Waals surface area (Å²) in [6.45, 7) is 1.18. The van der Waals surface area contributed by atoms with Crippen LogP contribution in [0.4, 0.5) is 0 Å². The third kappa shape index (κ3) is 3.06. The molecule has 19 heavy (non-hydrogen) atoms. The van der Waals surface area contributed by atoms with Crippen LogP contribution in [0.2, 0.25) is 0 Å². The first-order valence-electron chi connectivity index (χ1n) is 5.90. The largest absolute Gasteiger partial charge is 0.480 e. The number of sulfone groups is 1. The van der Waals surface area contributed by atoms with Gasteiger partial charge in [-0.15, -0.1) is 0 Å². The van der Waals surface area contributed by atoms with E-state index in [1.54, 1.807) is 6.92 Å². The molecule has 0 aromatic rings. The predicted octanol–water partition coefficient (Wildman–Crippen LogP) is -0.298. The summed E-state index contributed by atoms with van der Waals surface area (Å²) in [6, 6.07) is 0. The van der Waals surface area contributed by atoms with Crippen LogP contribution in [0.3, 0.4) is 0 Å². The number of ether oxygens (including phenoxy) is 2. The molecule has 1 saturated heterocycles. The van der Waals surface area contributed by atoms with Gasteiger partial charge in [0.1, 0.15) is 0 Å². The number of hydrogen-bond donors (Lipinski definition) is 1. The van der Waals surface area contributed by atoms with Gasteiger partial charge in [0.05, 0.1) is 24.7 Å². The third-order valence-electron chi connectivity index (χ3n) is 3.32. The fourth-order valence-electron chi connectivity index (χ4n) is 2.34.